The lowest BCUT2D eigenvalue weighted by atomic mass is 10.1. The first kappa shape index (κ1) is 21.2. The number of halogens is 1. The predicted octanol–water partition coefficient (Wildman–Crippen LogP) is 5.12. The highest BCUT2D eigenvalue weighted by Gasteiger charge is 2.29. The van der Waals surface area contributed by atoms with Gasteiger partial charge in [-0.1, -0.05) is 18.2 Å². The quantitative estimate of drug-likeness (QED) is 0.374. The van der Waals surface area contributed by atoms with E-state index in [0.717, 1.165) is 53.0 Å². The SMILES string of the molecule is C=CC(=O)N1CCC[C@H]1Cn1nc(-c2ccc(Oc3ccncc3)cc2)c2cncc(Cl)c21. The summed E-state index contributed by atoms with van der Waals surface area (Å²) in [6.45, 7) is 4.92. The van der Waals surface area contributed by atoms with Gasteiger partial charge in [0, 0.05) is 42.3 Å². The van der Waals surface area contributed by atoms with Crippen LogP contribution in [0.1, 0.15) is 12.8 Å². The molecule has 1 aromatic carbocycles. The Morgan fingerprint density at radius 1 is 1.12 bits per heavy atom. The van der Waals surface area contributed by atoms with E-state index in [-0.39, 0.29) is 11.9 Å². The lowest BCUT2D eigenvalue weighted by Gasteiger charge is -2.23. The predicted molar refractivity (Wildman–Crippen MR) is 127 cm³/mol. The molecule has 1 saturated heterocycles. The molecule has 4 aromatic rings. The summed E-state index contributed by atoms with van der Waals surface area (Å²) in [6.07, 6.45) is 10.0. The molecule has 7 nitrogen and oxygen atoms in total. The maximum absolute atomic E-state index is 12.3. The van der Waals surface area contributed by atoms with E-state index in [4.69, 9.17) is 21.4 Å². The van der Waals surface area contributed by atoms with Crippen LogP contribution < -0.4 is 4.74 Å². The maximum atomic E-state index is 12.3. The van der Waals surface area contributed by atoms with Crippen molar-refractivity contribution in [3.63, 3.8) is 0 Å². The van der Waals surface area contributed by atoms with Gasteiger partial charge in [-0.2, -0.15) is 5.10 Å². The second-order valence-corrected chi connectivity index (χ2v) is 8.30. The minimum absolute atomic E-state index is 0.0480. The summed E-state index contributed by atoms with van der Waals surface area (Å²) in [4.78, 5) is 22.4. The molecule has 166 valence electrons. The van der Waals surface area contributed by atoms with Crippen LogP contribution in [0.2, 0.25) is 5.02 Å². The van der Waals surface area contributed by atoms with Gasteiger partial charge in [-0.05, 0) is 55.3 Å². The minimum atomic E-state index is -0.0493. The second-order valence-electron chi connectivity index (χ2n) is 7.89. The fourth-order valence-corrected chi connectivity index (χ4v) is 4.55. The van der Waals surface area contributed by atoms with Gasteiger partial charge in [-0.15, -0.1) is 0 Å². The minimum Gasteiger partial charge on any atom is -0.457 e. The number of carbonyl (C=O) groups is 1. The topological polar surface area (TPSA) is 73.1 Å². The van der Waals surface area contributed by atoms with Crippen LogP contribution in [-0.2, 0) is 11.3 Å². The van der Waals surface area contributed by atoms with E-state index in [0.29, 0.717) is 11.6 Å². The molecule has 0 spiro atoms. The molecule has 8 heteroatoms. The number of hydrogen-bond donors (Lipinski definition) is 0. The lowest BCUT2D eigenvalue weighted by Crippen LogP contribution is -2.37. The van der Waals surface area contributed by atoms with Crippen LogP contribution >= 0.6 is 11.6 Å². The number of likely N-dealkylation sites (tertiary alicyclic amines) is 1. The van der Waals surface area contributed by atoms with Gasteiger partial charge in [0.1, 0.15) is 17.2 Å². The van der Waals surface area contributed by atoms with Gasteiger partial charge < -0.3 is 9.64 Å². The third-order valence-electron chi connectivity index (χ3n) is 5.84. The molecule has 33 heavy (non-hydrogen) atoms. The summed E-state index contributed by atoms with van der Waals surface area (Å²) in [7, 11) is 0. The van der Waals surface area contributed by atoms with Crippen LogP contribution in [0.25, 0.3) is 22.2 Å². The molecule has 1 amide bonds. The number of ether oxygens (including phenoxy) is 1. The molecule has 0 bridgehead atoms. The Bertz CT molecular complexity index is 1300. The third-order valence-corrected chi connectivity index (χ3v) is 6.12. The zero-order valence-corrected chi connectivity index (χ0v) is 18.7. The average Bonchev–Trinajstić information content (AvgIpc) is 3.46. The van der Waals surface area contributed by atoms with E-state index in [9.17, 15) is 4.79 Å². The molecule has 0 saturated carbocycles. The van der Waals surface area contributed by atoms with Crippen molar-refractivity contribution in [1.82, 2.24) is 24.6 Å². The molecule has 0 N–H and O–H groups in total. The maximum Gasteiger partial charge on any atom is 0.246 e. The highest BCUT2D eigenvalue weighted by atomic mass is 35.5. The van der Waals surface area contributed by atoms with E-state index in [1.807, 2.05) is 33.8 Å². The van der Waals surface area contributed by atoms with E-state index in [2.05, 4.69) is 16.5 Å². The summed E-state index contributed by atoms with van der Waals surface area (Å²) in [5.74, 6) is 1.39. The normalized spacial score (nSPS) is 15.7. The number of amides is 1. The highest BCUT2D eigenvalue weighted by molar-refractivity contribution is 6.35. The number of pyridine rings is 2. The Morgan fingerprint density at radius 3 is 2.64 bits per heavy atom. The molecule has 3 aromatic heterocycles. The van der Waals surface area contributed by atoms with Gasteiger partial charge in [-0.3, -0.25) is 19.4 Å². The fraction of sp³-hybridized carbons (Fsp3) is 0.200. The lowest BCUT2D eigenvalue weighted by molar-refractivity contribution is -0.127. The molecule has 1 aliphatic rings. The number of fused-ring (bicyclic) bond motifs is 1. The molecule has 4 heterocycles. The number of hydrogen-bond acceptors (Lipinski definition) is 5. The van der Waals surface area contributed by atoms with Crippen LogP contribution in [0.4, 0.5) is 0 Å². The van der Waals surface area contributed by atoms with E-state index in [1.54, 1.807) is 36.9 Å². The fourth-order valence-electron chi connectivity index (χ4n) is 4.29. The number of nitrogens with zero attached hydrogens (tertiary/aromatic N) is 5. The van der Waals surface area contributed by atoms with Crippen molar-refractivity contribution in [3.05, 3.63) is 78.9 Å². The number of benzene rings is 1. The van der Waals surface area contributed by atoms with Gasteiger partial charge in [0.05, 0.1) is 23.1 Å². The first-order valence-electron chi connectivity index (χ1n) is 10.8. The molecule has 1 atom stereocenters. The first-order valence-corrected chi connectivity index (χ1v) is 11.1. The second kappa shape index (κ2) is 9.03. The molecule has 1 aliphatic heterocycles. The van der Waals surface area contributed by atoms with Crippen molar-refractivity contribution in [2.75, 3.05) is 6.54 Å². The van der Waals surface area contributed by atoms with Crippen LogP contribution in [0, 0.1) is 0 Å². The van der Waals surface area contributed by atoms with Crippen LogP contribution in [0.3, 0.4) is 0 Å². The molecule has 5 rings (SSSR count). The monoisotopic (exact) mass is 459 g/mol. The van der Waals surface area contributed by atoms with Crippen molar-refractivity contribution >= 4 is 28.4 Å². The zero-order chi connectivity index (χ0) is 22.8. The van der Waals surface area contributed by atoms with Gasteiger partial charge in [0.2, 0.25) is 5.91 Å². The highest BCUT2D eigenvalue weighted by Crippen LogP contribution is 2.33. The van der Waals surface area contributed by atoms with Crippen LogP contribution in [0.5, 0.6) is 11.5 Å². The van der Waals surface area contributed by atoms with E-state index < -0.39 is 0 Å². The molecular formula is C25H22ClN5O2. The molecule has 1 fully saturated rings. The summed E-state index contributed by atoms with van der Waals surface area (Å²) in [5, 5.41) is 6.29. The number of rotatable bonds is 6. The summed E-state index contributed by atoms with van der Waals surface area (Å²) < 4.78 is 7.77. The van der Waals surface area contributed by atoms with E-state index >= 15 is 0 Å². The number of aromatic nitrogens is 4. The van der Waals surface area contributed by atoms with Gasteiger partial charge in [0.25, 0.3) is 0 Å². The van der Waals surface area contributed by atoms with Crippen LogP contribution in [0.15, 0.2) is 73.8 Å². The molecular weight excluding hydrogens is 438 g/mol. The van der Waals surface area contributed by atoms with Gasteiger partial charge >= 0.3 is 0 Å². The Balaban J connectivity index is 1.47. The Labute approximate surface area is 196 Å². The van der Waals surface area contributed by atoms with Crippen molar-refractivity contribution in [1.29, 1.82) is 0 Å². The Kier molecular flexibility index (Phi) is 5.79. The Hall–Kier alpha value is -3.71. The molecule has 0 aliphatic carbocycles. The summed E-state index contributed by atoms with van der Waals surface area (Å²) in [6, 6.07) is 11.4. The summed E-state index contributed by atoms with van der Waals surface area (Å²) in [5.41, 5.74) is 2.53. The average molecular weight is 460 g/mol. The van der Waals surface area contributed by atoms with Crippen molar-refractivity contribution in [2.45, 2.75) is 25.4 Å². The first-order chi connectivity index (χ1) is 16.1. The van der Waals surface area contributed by atoms with Crippen molar-refractivity contribution in [2.24, 2.45) is 0 Å². The van der Waals surface area contributed by atoms with Crippen LogP contribution in [-0.4, -0.2) is 43.1 Å². The largest absolute Gasteiger partial charge is 0.457 e. The van der Waals surface area contributed by atoms with Crippen molar-refractivity contribution < 1.29 is 9.53 Å². The standard InChI is InChI=1S/C25H22ClN5O2/c1-2-23(32)30-13-3-4-18(30)16-31-25-21(14-28-15-22(25)26)24(29-31)17-5-7-19(8-6-17)33-20-9-11-27-12-10-20/h2,5-12,14-15,18H,1,3-4,13,16H2/t18-/m0/s1. The smallest absolute Gasteiger partial charge is 0.246 e. The van der Waals surface area contributed by atoms with E-state index in [1.165, 1.54) is 6.08 Å². The Morgan fingerprint density at radius 2 is 1.88 bits per heavy atom. The van der Waals surface area contributed by atoms with Gasteiger partial charge in [-0.25, -0.2) is 0 Å². The molecule has 0 radical (unpaired) electrons. The molecule has 0 unspecified atom stereocenters. The summed E-state index contributed by atoms with van der Waals surface area (Å²) >= 11 is 6.55. The number of carbonyl (C=O) groups excluding carboxylic acids is 1. The van der Waals surface area contributed by atoms with Crippen molar-refractivity contribution in [3.8, 4) is 22.8 Å². The van der Waals surface area contributed by atoms with Gasteiger partial charge in [0.15, 0.2) is 0 Å². The third kappa shape index (κ3) is 4.19. The zero-order valence-electron chi connectivity index (χ0n) is 17.9.